The van der Waals surface area contributed by atoms with Crippen molar-refractivity contribution in [3.63, 3.8) is 0 Å². The van der Waals surface area contributed by atoms with Crippen molar-refractivity contribution in [2.45, 2.75) is 31.9 Å². The van der Waals surface area contributed by atoms with Crippen LogP contribution in [0.4, 0.5) is 0 Å². The molecular weight excluding hydrogens is 240 g/mol. The molecule has 1 fully saturated rings. The van der Waals surface area contributed by atoms with Crippen LogP contribution in [0.3, 0.4) is 0 Å². The Labute approximate surface area is 114 Å². The third kappa shape index (κ3) is 3.14. The van der Waals surface area contributed by atoms with E-state index in [4.69, 9.17) is 10.5 Å². The monoisotopic (exact) mass is 262 g/mol. The molecule has 104 valence electrons. The maximum Gasteiger partial charge on any atom is 0.251 e. The lowest BCUT2D eigenvalue weighted by Gasteiger charge is -2.20. The molecule has 1 saturated heterocycles. The van der Waals surface area contributed by atoms with Gasteiger partial charge < -0.3 is 15.4 Å². The van der Waals surface area contributed by atoms with E-state index in [2.05, 4.69) is 12.1 Å². The largest absolute Gasteiger partial charge is 0.369 e. The van der Waals surface area contributed by atoms with Gasteiger partial charge in [-0.05, 0) is 19.4 Å². The Morgan fingerprint density at radius 3 is 2.74 bits per heavy atom. The highest BCUT2D eigenvalue weighted by Gasteiger charge is 2.35. The summed E-state index contributed by atoms with van der Waals surface area (Å²) in [6.07, 6.45) is -0.383. The highest BCUT2D eigenvalue weighted by atomic mass is 16.5. The normalized spacial score (nSPS) is 24.5. The molecule has 1 unspecified atom stereocenters. The molecule has 2 rings (SSSR count). The van der Waals surface area contributed by atoms with Crippen molar-refractivity contribution in [3.05, 3.63) is 35.9 Å². The molecule has 0 aliphatic carbocycles. The van der Waals surface area contributed by atoms with Crippen molar-refractivity contribution in [1.82, 2.24) is 4.90 Å². The molecule has 4 heteroatoms. The van der Waals surface area contributed by atoms with E-state index in [0.29, 0.717) is 19.7 Å². The number of carbonyl (C=O) groups excluding carboxylic acids is 1. The predicted octanol–water partition coefficient (Wildman–Crippen LogP) is 1.36. The van der Waals surface area contributed by atoms with E-state index >= 15 is 0 Å². The maximum absolute atomic E-state index is 12.2. The molecule has 3 atom stereocenters. The molecule has 0 bridgehead atoms. The van der Waals surface area contributed by atoms with Crippen LogP contribution in [0.25, 0.3) is 0 Å². The summed E-state index contributed by atoms with van der Waals surface area (Å²) in [4.78, 5) is 14.0. The number of ether oxygens (including phenoxy) is 1. The topological polar surface area (TPSA) is 55.6 Å². The molecular formula is C15H22N2O2. The van der Waals surface area contributed by atoms with Gasteiger partial charge in [0.25, 0.3) is 5.91 Å². The fourth-order valence-corrected chi connectivity index (χ4v) is 2.64. The Morgan fingerprint density at radius 2 is 2.11 bits per heavy atom. The minimum Gasteiger partial charge on any atom is -0.369 e. The molecule has 0 aromatic heterocycles. The maximum atomic E-state index is 12.2. The Kier molecular flexibility index (Phi) is 4.56. The third-order valence-corrected chi connectivity index (χ3v) is 3.67. The van der Waals surface area contributed by atoms with Gasteiger partial charge in [-0.15, -0.1) is 0 Å². The van der Waals surface area contributed by atoms with E-state index < -0.39 is 0 Å². The van der Waals surface area contributed by atoms with Gasteiger partial charge in [0.05, 0.1) is 0 Å². The summed E-state index contributed by atoms with van der Waals surface area (Å²) in [5.41, 5.74) is 7.38. The van der Waals surface area contributed by atoms with Gasteiger partial charge in [-0.3, -0.25) is 4.79 Å². The van der Waals surface area contributed by atoms with Gasteiger partial charge in [-0.25, -0.2) is 0 Å². The first kappa shape index (κ1) is 14.0. The van der Waals surface area contributed by atoms with Gasteiger partial charge in [0, 0.05) is 31.7 Å². The van der Waals surface area contributed by atoms with Crippen LogP contribution in [0.5, 0.6) is 0 Å². The first-order chi connectivity index (χ1) is 9.13. The van der Waals surface area contributed by atoms with Gasteiger partial charge in [-0.1, -0.05) is 30.3 Å². The molecule has 1 aliphatic rings. The van der Waals surface area contributed by atoms with Gasteiger partial charge in [0.15, 0.2) is 0 Å². The highest BCUT2D eigenvalue weighted by Crippen LogP contribution is 2.26. The number of likely N-dealkylation sites (tertiary alicyclic amines) is 1. The lowest BCUT2D eigenvalue weighted by molar-refractivity contribution is -0.141. The fourth-order valence-electron chi connectivity index (χ4n) is 2.64. The van der Waals surface area contributed by atoms with Crippen LogP contribution < -0.4 is 5.73 Å². The summed E-state index contributed by atoms with van der Waals surface area (Å²) in [7, 11) is 0. The van der Waals surface area contributed by atoms with Gasteiger partial charge >= 0.3 is 0 Å². The van der Waals surface area contributed by atoms with Crippen molar-refractivity contribution in [1.29, 1.82) is 0 Å². The van der Waals surface area contributed by atoms with Crippen LogP contribution in [0.1, 0.15) is 25.3 Å². The van der Waals surface area contributed by atoms with Crippen LogP contribution in [-0.2, 0) is 9.53 Å². The summed E-state index contributed by atoms with van der Waals surface area (Å²) in [5, 5.41) is 0. The molecule has 1 aromatic rings. The van der Waals surface area contributed by atoms with Crippen molar-refractivity contribution < 1.29 is 9.53 Å². The molecule has 1 heterocycles. The number of carbonyl (C=O) groups is 1. The number of nitrogens with two attached hydrogens (primary N) is 1. The second-order valence-electron chi connectivity index (χ2n) is 5.02. The highest BCUT2D eigenvalue weighted by molar-refractivity contribution is 5.81. The number of amides is 1. The molecule has 1 aromatic carbocycles. The summed E-state index contributed by atoms with van der Waals surface area (Å²) >= 11 is 0. The second kappa shape index (κ2) is 6.17. The average Bonchev–Trinajstić information content (AvgIpc) is 2.81. The predicted molar refractivity (Wildman–Crippen MR) is 74.8 cm³/mol. The Hall–Kier alpha value is -1.39. The number of hydrogen-bond donors (Lipinski definition) is 1. The minimum atomic E-state index is -0.383. The Balaban J connectivity index is 2.03. The summed E-state index contributed by atoms with van der Waals surface area (Å²) in [6, 6.07) is 10.2. The zero-order valence-corrected chi connectivity index (χ0v) is 11.6. The van der Waals surface area contributed by atoms with Crippen molar-refractivity contribution in [2.75, 3.05) is 19.7 Å². The molecule has 0 saturated carbocycles. The van der Waals surface area contributed by atoms with E-state index in [1.165, 1.54) is 5.56 Å². The zero-order valence-electron chi connectivity index (χ0n) is 11.6. The van der Waals surface area contributed by atoms with E-state index in [-0.39, 0.29) is 24.0 Å². The third-order valence-electron chi connectivity index (χ3n) is 3.67. The van der Waals surface area contributed by atoms with Crippen LogP contribution in [0, 0.1) is 0 Å². The average molecular weight is 262 g/mol. The SMILES string of the molecule is CCOC(C)C(=O)N1C[C@@H](N)[C@H](c2ccccc2)C1. The fraction of sp³-hybridized carbons (Fsp3) is 0.533. The van der Waals surface area contributed by atoms with Gasteiger partial charge in [-0.2, -0.15) is 0 Å². The van der Waals surface area contributed by atoms with Crippen molar-refractivity contribution in [2.24, 2.45) is 5.73 Å². The molecule has 0 spiro atoms. The zero-order chi connectivity index (χ0) is 13.8. The lowest BCUT2D eigenvalue weighted by Crippen LogP contribution is -2.39. The lowest BCUT2D eigenvalue weighted by atomic mass is 9.95. The Morgan fingerprint density at radius 1 is 1.42 bits per heavy atom. The van der Waals surface area contributed by atoms with Crippen molar-refractivity contribution >= 4 is 5.91 Å². The van der Waals surface area contributed by atoms with Crippen LogP contribution in [0.2, 0.25) is 0 Å². The number of benzene rings is 1. The van der Waals surface area contributed by atoms with Crippen LogP contribution in [0.15, 0.2) is 30.3 Å². The molecule has 2 N–H and O–H groups in total. The number of hydrogen-bond acceptors (Lipinski definition) is 3. The summed E-state index contributed by atoms with van der Waals surface area (Å²) in [5.74, 6) is 0.259. The summed E-state index contributed by atoms with van der Waals surface area (Å²) < 4.78 is 5.36. The first-order valence-electron chi connectivity index (χ1n) is 6.84. The van der Waals surface area contributed by atoms with Gasteiger partial charge in [0.1, 0.15) is 6.10 Å². The molecule has 19 heavy (non-hydrogen) atoms. The van der Waals surface area contributed by atoms with E-state index in [1.807, 2.05) is 30.0 Å². The number of nitrogens with zero attached hydrogens (tertiary/aromatic N) is 1. The summed E-state index contributed by atoms with van der Waals surface area (Å²) in [6.45, 7) is 5.53. The molecule has 1 amide bonds. The van der Waals surface area contributed by atoms with Crippen molar-refractivity contribution in [3.8, 4) is 0 Å². The van der Waals surface area contributed by atoms with E-state index in [1.54, 1.807) is 6.92 Å². The van der Waals surface area contributed by atoms with Gasteiger partial charge in [0.2, 0.25) is 0 Å². The quantitative estimate of drug-likeness (QED) is 0.891. The molecule has 0 radical (unpaired) electrons. The van der Waals surface area contributed by atoms with E-state index in [9.17, 15) is 4.79 Å². The molecule has 1 aliphatic heterocycles. The van der Waals surface area contributed by atoms with Crippen LogP contribution >= 0.6 is 0 Å². The second-order valence-corrected chi connectivity index (χ2v) is 5.02. The van der Waals surface area contributed by atoms with E-state index in [0.717, 1.165) is 0 Å². The minimum absolute atomic E-state index is 0.000163. The Bertz CT molecular complexity index is 421. The smallest absolute Gasteiger partial charge is 0.251 e. The standard InChI is InChI=1S/C15H22N2O2/c1-3-19-11(2)15(18)17-9-13(14(16)10-17)12-7-5-4-6-8-12/h4-8,11,13-14H,3,9-10,16H2,1-2H3/t11?,13-,14+/m0/s1. The first-order valence-corrected chi connectivity index (χ1v) is 6.84. The number of rotatable bonds is 4. The van der Waals surface area contributed by atoms with Crippen LogP contribution in [-0.4, -0.2) is 42.6 Å². The molecule has 4 nitrogen and oxygen atoms in total.